The molecule has 0 unspecified atom stereocenters. The van der Waals surface area contributed by atoms with Gasteiger partial charge < -0.3 is 5.32 Å². The highest BCUT2D eigenvalue weighted by atomic mass is 35.5. The first kappa shape index (κ1) is 10.4. The van der Waals surface area contributed by atoms with Gasteiger partial charge in [-0.2, -0.15) is 0 Å². The maximum atomic E-state index is 5.87. The lowest BCUT2D eigenvalue weighted by atomic mass is 10.1. The van der Waals surface area contributed by atoms with Crippen LogP contribution in [0.1, 0.15) is 20.8 Å². The van der Waals surface area contributed by atoms with Crippen molar-refractivity contribution in [1.82, 2.24) is 0 Å². The van der Waals surface area contributed by atoms with E-state index in [0.717, 1.165) is 10.7 Å². The van der Waals surface area contributed by atoms with Crippen molar-refractivity contribution in [1.29, 1.82) is 0 Å². The molecule has 72 valence electrons. The minimum Gasteiger partial charge on any atom is -0.382 e. The van der Waals surface area contributed by atoms with Crippen LogP contribution in [0.5, 0.6) is 0 Å². The summed E-state index contributed by atoms with van der Waals surface area (Å²) in [6.07, 6.45) is 0. The van der Waals surface area contributed by atoms with Gasteiger partial charge in [0.25, 0.3) is 0 Å². The van der Waals surface area contributed by atoms with E-state index in [9.17, 15) is 0 Å². The normalized spacial score (nSPS) is 13.0. The second-order valence-electron chi connectivity index (χ2n) is 3.69. The van der Waals surface area contributed by atoms with Crippen molar-refractivity contribution in [2.75, 3.05) is 5.32 Å². The molecule has 1 aromatic rings. The molecule has 0 fully saturated rings. The van der Waals surface area contributed by atoms with Gasteiger partial charge in [-0.15, -0.1) is 0 Å². The van der Waals surface area contributed by atoms with Crippen LogP contribution in [0.2, 0.25) is 5.02 Å². The van der Waals surface area contributed by atoms with Crippen LogP contribution < -0.4 is 5.32 Å². The predicted octanol–water partition coefficient (Wildman–Crippen LogP) is 3.80. The molecule has 0 radical (unpaired) electrons. The number of halogens is 1. The molecule has 0 spiro atoms. The van der Waals surface area contributed by atoms with E-state index >= 15 is 0 Å². The fourth-order valence-electron chi connectivity index (χ4n) is 1.01. The van der Waals surface area contributed by atoms with Gasteiger partial charge in [0.15, 0.2) is 0 Å². The van der Waals surface area contributed by atoms with Crippen LogP contribution in [0.25, 0.3) is 0 Å². The second-order valence-corrected chi connectivity index (χ2v) is 4.12. The van der Waals surface area contributed by atoms with Gasteiger partial charge in [0.05, 0.1) is 0 Å². The lowest BCUT2D eigenvalue weighted by Crippen LogP contribution is -2.21. The molecule has 0 aromatic heterocycles. The quantitative estimate of drug-likeness (QED) is 0.778. The van der Waals surface area contributed by atoms with Crippen LogP contribution in [-0.4, -0.2) is 6.04 Å². The molecule has 0 saturated heterocycles. The first-order valence-electron chi connectivity index (χ1n) is 4.61. The summed E-state index contributed by atoms with van der Waals surface area (Å²) in [4.78, 5) is 0. The van der Waals surface area contributed by atoms with Gasteiger partial charge in [-0.05, 0) is 31.0 Å². The Kier molecular flexibility index (Phi) is 3.61. The highest BCUT2D eigenvalue weighted by molar-refractivity contribution is 6.30. The molecule has 0 aliphatic heterocycles. The average molecular weight is 198 g/mol. The summed E-state index contributed by atoms with van der Waals surface area (Å²) in [7, 11) is 0. The summed E-state index contributed by atoms with van der Waals surface area (Å²) in [5, 5.41) is 4.18. The summed E-state index contributed by atoms with van der Waals surface area (Å²) in [5.74, 6) is 0.624. The number of rotatable bonds is 3. The zero-order chi connectivity index (χ0) is 9.84. The van der Waals surface area contributed by atoms with Crippen molar-refractivity contribution < 1.29 is 0 Å². The van der Waals surface area contributed by atoms with Crippen LogP contribution in [-0.2, 0) is 0 Å². The third-order valence-electron chi connectivity index (χ3n) is 2.22. The number of nitrogens with one attached hydrogen (secondary N) is 1. The topological polar surface area (TPSA) is 12.0 Å². The van der Waals surface area contributed by atoms with Gasteiger partial charge >= 0.3 is 0 Å². The molecule has 1 rings (SSSR count). The summed E-state index contributed by atoms with van der Waals surface area (Å²) in [5.41, 5.74) is 1.09. The van der Waals surface area contributed by atoms with Crippen molar-refractivity contribution in [3.8, 4) is 0 Å². The van der Waals surface area contributed by atoms with Crippen LogP contribution in [0.15, 0.2) is 24.3 Å². The Morgan fingerprint density at radius 2 is 1.92 bits per heavy atom. The summed E-state index contributed by atoms with van der Waals surface area (Å²) in [6, 6.07) is 8.29. The van der Waals surface area contributed by atoms with Crippen LogP contribution in [0.3, 0.4) is 0 Å². The van der Waals surface area contributed by atoms with Gasteiger partial charge in [0, 0.05) is 16.8 Å². The van der Waals surface area contributed by atoms with Crippen molar-refractivity contribution in [3.63, 3.8) is 0 Å². The minimum atomic E-state index is 0.471. The fourth-order valence-corrected chi connectivity index (χ4v) is 1.20. The largest absolute Gasteiger partial charge is 0.382 e. The lowest BCUT2D eigenvalue weighted by molar-refractivity contribution is 0.560. The van der Waals surface area contributed by atoms with E-state index in [2.05, 4.69) is 26.1 Å². The molecule has 1 nitrogen and oxygen atoms in total. The smallest absolute Gasteiger partial charge is 0.0426 e. The monoisotopic (exact) mass is 197 g/mol. The molecule has 0 bridgehead atoms. The van der Waals surface area contributed by atoms with E-state index in [0.29, 0.717) is 12.0 Å². The third-order valence-corrected chi connectivity index (χ3v) is 2.45. The van der Waals surface area contributed by atoms with E-state index in [-0.39, 0.29) is 0 Å². The molecular formula is C11H16ClN. The Hall–Kier alpha value is -0.690. The first-order chi connectivity index (χ1) is 6.09. The number of anilines is 1. The molecule has 2 heteroatoms. The zero-order valence-corrected chi connectivity index (χ0v) is 9.10. The molecule has 1 aromatic carbocycles. The third kappa shape index (κ3) is 3.27. The van der Waals surface area contributed by atoms with Gasteiger partial charge in [0.1, 0.15) is 0 Å². The molecule has 0 aliphatic carbocycles. The molecule has 0 heterocycles. The minimum absolute atomic E-state index is 0.471. The van der Waals surface area contributed by atoms with E-state index in [1.54, 1.807) is 0 Å². The van der Waals surface area contributed by atoms with Crippen LogP contribution >= 0.6 is 11.6 Å². The van der Waals surface area contributed by atoms with E-state index in [4.69, 9.17) is 11.6 Å². The zero-order valence-electron chi connectivity index (χ0n) is 8.34. The Morgan fingerprint density at radius 1 is 1.23 bits per heavy atom. The van der Waals surface area contributed by atoms with Gasteiger partial charge in [-0.3, -0.25) is 0 Å². The molecular weight excluding hydrogens is 182 g/mol. The molecule has 0 saturated carbocycles. The standard InChI is InChI=1S/C11H16ClN/c1-8(2)9(3)13-11-6-4-5-10(12)7-11/h4-9,13H,1-3H3/t9-/m1/s1. The summed E-state index contributed by atoms with van der Waals surface area (Å²) >= 11 is 5.87. The van der Waals surface area contributed by atoms with E-state index in [1.165, 1.54) is 0 Å². The molecule has 1 atom stereocenters. The molecule has 0 aliphatic rings. The molecule has 13 heavy (non-hydrogen) atoms. The lowest BCUT2D eigenvalue weighted by Gasteiger charge is -2.18. The Labute approximate surface area is 85.1 Å². The Bertz CT molecular complexity index is 271. The van der Waals surface area contributed by atoms with Gasteiger partial charge in [-0.25, -0.2) is 0 Å². The van der Waals surface area contributed by atoms with Crippen molar-refractivity contribution in [3.05, 3.63) is 29.3 Å². The predicted molar refractivity (Wildman–Crippen MR) is 59.4 cm³/mol. The van der Waals surface area contributed by atoms with Crippen LogP contribution in [0.4, 0.5) is 5.69 Å². The fraction of sp³-hybridized carbons (Fsp3) is 0.455. The van der Waals surface area contributed by atoms with Crippen molar-refractivity contribution in [2.45, 2.75) is 26.8 Å². The van der Waals surface area contributed by atoms with Crippen LogP contribution in [0, 0.1) is 5.92 Å². The van der Waals surface area contributed by atoms with Gasteiger partial charge in [0.2, 0.25) is 0 Å². The number of benzene rings is 1. The summed E-state index contributed by atoms with van der Waals surface area (Å²) in [6.45, 7) is 6.57. The average Bonchev–Trinajstić information content (AvgIpc) is 2.04. The molecule has 0 amide bonds. The highest BCUT2D eigenvalue weighted by Crippen LogP contribution is 2.17. The van der Waals surface area contributed by atoms with Crippen molar-refractivity contribution in [2.24, 2.45) is 5.92 Å². The van der Waals surface area contributed by atoms with Gasteiger partial charge in [-0.1, -0.05) is 31.5 Å². The SMILES string of the molecule is CC(C)[C@@H](C)Nc1cccc(Cl)c1. The number of hydrogen-bond acceptors (Lipinski definition) is 1. The maximum absolute atomic E-state index is 5.87. The van der Waals surface area contributed by atoms with E-state index in [1.807, 2.05) is 24.3 Å². The second kappa shape index (κ2) is 4.52. The number of hydrogen-bond donors (Lipinski definition) is 1. The maximum Gasteiger partial charge on any atom is 0.0426 e. The molecule has 1 N–H and O–H groups in total. The highest BCUT2D eigenvalue weighted by Gasteiger charge is 2.05. The van der Waals surface area contributed by atoms with E-state index < -0.39 is 0 Å². The van der Waals surface area contributed by atoms with Crippen molar-refractivity contribution >= 4 is 17.3 Å². The Balaban J connectivity index is 2.64. The first-order valence-corrected chi connectivity index (χ1v) is 4.99. The Morgan fingerprint density at radius 3 is 2.46 bits per heavy atom. The summed E-state index contributed by atoms with van der Waals surface area (Å²) < 4.78 is 0.